The zero-order valence-electron chi connectivity index (χ0n) is 14.0. The summed E-state index contributed by atoms with van der Waals surface area (Å²) >= 11 is 3.47. The maximum absolute atomic E-state index is 11.9. The molecule has 2 aromatic carbocycles. The zero-order valence-corrected chi connectivity index (χ0v) is 15.6. The SMILES string of the molecule is CCc1ccc(OCC(=O)NCCc2ccc(OC)cc2)c(Br)c1. The first-order chi connectivity index (χ1) is 11.6. The molecule has 0 saturated carbocycles. The third kappa shape index (κ3) is 5.57. The van der Waals surface area contributed by atoms with Crippen LogP contribution in [0.1, 0.15) is 18.1 Å². The number of hydrogen-bond acceptors (Lipinski definition) is 3. The van der Waals surface area contributed by atoms with Gasteiger partial charge in [0.05, 0.1) is 11.6 Å². The molecule has 0 radical (unpaired) electrons. The number of aryl methyl sites for hydroxylation is 1. The minimum absolute atomic E-state index is 0.00663. The van der Waals surface area contributed by atoms with Gasteiger partial charge in [0.2, 0.25) is 0 Å². The van der Waals surface area contributed by atoms with Gasteiger partial charge in [-0.1, -0.05) is 25.1 Å². The number of ether oxygens (including phenoxy) is 2. The summed E-state index contributed by atoms with van der Waals surface area (Å²) in [6.07, 6.45) is 1.73. The van der Waals surface area contributed by atoms with E-state index in [1.807, 2.05) is 42.5 Å². The average Bonchev–Trinajstić information content (AvgIpc) is 2.61. The lowest BCUT2D eigenvalue weighted by Gasteiger charge is -2.10. The monoisotopic (exact) mass is 391 g/mol. The minimum atomic E-state index is -0.130. The van der Waals surface area contributed by atoms with Crippen LogP contribution in [0.3, 0.4) is 0 Å². The molecule has 2 aromatic rings. The van der Waals surface area contributed by atoms with E-state index in [0.717, 1.165) is 28.6 Å². The normalized spacial score (nSPS) is 10.3. The molecule has 1 N–H and O–H groups in total. The van der Waals surface area contributed by atoms with Gasteiger partial charge in [-0.25, -0.2) is 0 Å². The van der Waals surface area contributed by atoms with E-state index in [0.29, 0.717) is 12.3 Å². The number of halogens is 1. The predicted octanol–water partition coefficient (Wildman–Crippen LogP) is 3.76. The van der Waals surface area contributed by atoms with Gasteiger partial charge in [-0.15, -0.1) is 0 Å². The molecule has 0 aliphatic carbocycles. The van der Waals surface area contributed by atoms with E-state index in [9.17, 15) is 4.79 Å². The van der Waals surface area contributed by atoms with Gasteiger partial charge in [0, 0.05) is 6.54 Å². The summed E-state index contributed by atoms with van der Waals surface area (Å²) in [6.45, 7) is 2.68. The molecule has 1 amide bonds. The Morgan fingerprint density at radius 1 is 1.12 bits per heavy atom. The van der Waals surface area contributed by atoms with Gasteiger partial charge in [-0.3, -0.25) is 4.79 Å². The molecule has 0 aromatic heterocycles. The second kappa shape index (κ2) is 9.33. The fraction of sp³-hybridized carbons (Fsp3) is 0.316. The standard InChI is InChI=1S/C19H22BrNO3/c1-3-14-6-9-18(17(20)12-14)24-13-19(22)21-11-10-15-4-7-16(23-2)8-5-15/h4-9,12H,3,10-11,13H2,1-2H3,(H,21,22). The third-order valence-corrected chi connectivity index (χ3v) is 4.28. The second-order valence-corrected chi connectivity index (χ2v) is 6.21. The van der Waals surface area contributed by atoms with E-state index in [4.69, 9.17) is 9.47 Å². The summed E-state index contributed by atoms with van der Waals surface area (Å²) in [6, 6.07) is 13.7. The van der Waals surface area contributed by atoms with Crippen LogP contribution in [0, 0.1) is 0 Å². The van der Waals surface area contributed by atoms with Crippen molar-refractivity contribution < 1.29 is 14.3 Å². The highest BCUT2D eigenvalue weighted by molar-refractivity contribution is 9.10. The number of benzene rings is 2. The van der Waals surface area contributed by atoms with Crippen LogP contribution in [0.15, 0.2) is 46.9 Å². The Hall–Kier alpha value is -2.01. The Bertz CT molecular complexity index is 671. The van der Waals surface area contributed by atoms with Gasteiger partial charge < -0.3 is 14.8 Å². The molecule has 128 valence electrons. The molecule has 0 spiro atoms. The van der Waals surface area contributed by atoms with Crippen molar-refractivity contribution in [1.29, 1.82) is 0 Å². The fourth-order valence-electron chi connectivity index (χ4n) is 2.21. The van der Waals surface area contributed by atoms with Crippen molar-refractivity contribution in [3.63, 3.8) is 0 Å². The molecular weight excluding hydrogens is 370 g/mol. The number of nitrogens with one attached hydrogen (secondary N) is 1. The summed E-state index contributed by atoms with van der Waals surface area (Å²) in [5, 5.41) is 2.86. The molecule has 2 rings (SSSR count). The number of methoxy groups -OCH3 is 1. The lowest BCUT2D eigenvalue weighted by Crippen LogP contribution is -2.30. The summed E-state index contributed by atoms with van der Waals surface area (Å²) < 4.78 is 11.5. The molecule has 0 atom stereocenters. The molecule has 0 heterocycles. The fourth-order valence-corrected chi connectivity index (χ4v) is 2.75. The predicted molar refractivity (Wildman–Crippen MR) is 98.7 cm³/mol. The Labute approximate surface area is 151 Å². The topological polar surface area (TPSA) is 47.6 Å². The van der Waals surface area contributed by atoms with Crippen LogP contribution in [0.5, 0.6) is 11.5 Å². The highest BCUT2D eigenvalue weighted by Crippen LogP contribution is 2.26. The zero-order chi connectivity index (χ0) is 17.4. The Morgan fingerprint density at radius 3 is 2.46 bits per heavy atom. The number of carbonyl (C=O) groups excluding carboxylic acids is 1. The third-order valence-electron chi connectivity index (χ3n) is 3.66. The van der Waals surface area contributed by atoms with Crippen LogP contribution in [-0.2, 0) is 17.6 Å². The first-order valence-corrected chi connectivity index (χ1v) is 8.72. The van der Waals surface area contributed by atoms with Gasteiger partial charge in [0.25, 0.3) is 5.91 Å². The van der Waals surface area contributed by atoms with Crippen LogP contribution >= 0.6 is 15.9 Å². The molecule has 0 saturated heterocycles. The Morgan fingerprint density at radius 2 is 1.83 bits per heavy atom. The van der Waals surface area contributed by atoms with Crippen LogP contribution < -0.4 is 14.8 Å². The van der Waals surface area contributed by atoms with E-state index >= 15 is 0 Å². The summed E-state index contributed by atoms with van der Waals surface area (Å²) in [5.74, 6) is 1.38. The van der Waals surface area contributed by atoms with Crippen molar-refractivity contribution in [2.75, 3.05) is 20.3 Å². The van der Waals surface area contributed by atoms with Crippen molar-refractivity contribution in [3.05, 3.63) is 58.1 Å². The lowest BCUT2D eigenvalue weighted by molar-refractivity contribution is -0.123. The van der Waals surface area contributed by atoms with Gasteiger partial charge >= 0.3 is 0 Å². The molecule has 0 aliphatic rings. The molecule has 24 heavy (non-hydrogen) atoms. The number of rotatable bonds is 8. The Balaban J connectivity index is 1.73. The molecule has 0 aliphatic heterocycles. The molecule has 5 heteroatoms. The van der Waals surface area contributed by atoms with Gasteiger partial charge in [-0.05, 0) is 64.2 Å². The summed E-state index contributed by atoms with van der Waals surface area (Å²) in [4.78, 5) is 11.9. The van der Waals surface area contributed by atoms with Crippen molar-refractivity contribution >= 4 is 21.8 Å². The van der Waals surface area contributed by atoms with E-state index in [2.05, 4.69) is 28.2 Å². The van der Waals surface area contributed by atoms with Gasteiger partial charge in [0.15, 0.2) is 6.61 Å². The molecule has 0 fully saturated rings. The first-order valence-electron chi connectivity index (χ1n) is 7.93. The summed E-state index contributed by atoms with van der Waals surface area (Å²) in [5.41, 5.74) is 2.37. The molecule has 0 unspecified atom stereocenters. The van der Waals surface area contributed by atoms with Crippen LogP contribution in [0.2, 0.25) is 0 Å². The minimum Gasteiger partial charge on any atom is -0.497 e. The van der Waals surface area contributed by atoms with Crippen LogP contribution in [0.25, 0.3) is 0 Å². The quantitative estimate of drug-likeness (QED) is 0.744. The maximum atomic E-state index is 11.9. The number of amides is 1. The lowest BCUT2D eigenvalue weighted by atomic mass is 10.1. The van der Waals surface area contributed by atoms with E-state index in [1.54, 1.807) is 7.11 Å². The average molecular weight is 392 g/mol. The van der Waals surface area contributed by atoms with E-state index in [1.165, 1.54) is 5.56 Å². The maximum Gasteiger partial charge on any atom is 0.257 e. The van der Waals surface area contributed by atoms with Gasteiger partial charge in [-0.2, -0.15) is 0 Å². The summed E-state index contributed by atoms with van der Waals surface area (Å²) in [7, 11) is 1.64. The highest BCUT2D eigenvalue weighted by Gasteiger charge is 2.06. The molecule has 0 bridgehead atoms. The van der Waals surface area contributed by atoms with Crippen LogP contribution in [-0.4, -0.2) is 26.2 Å². The molecular formula is C19H22BrNO3. The first kappa shape index (κ1) is 18.3. The van der Waals surface area contributed by atoms with Crippen LogP contribution in [0.4, 0.5) is 0 Å². The van der Waals surface area contributed by atoms with E-state index < -0.39 is 0 Å². The van der Waals surface area contributed by atoms with Crippen molar-refractivity contribution in [2.24, 2.45) is 0 Å². The van der Waals surface area contributed by atoms with Crippen molar-refractivity contribution in [1.82, 2.24) is 5.32 Å². The van der Waals surface area contributed by atoms with Gasteiger partial charge in [0.1, 0.15) is 11.5 Å². The number of hydrogen-bond donors (Lipinski definition) is 1. The molecule has 4 nitrogen and oxygen atoms in total. The smallest absolute Gasteiger partial charge is 0.257 e. The van der Waals surface area contributed by atoms with Crippen molar-refractivity contribution in [2.45, 2.75) is 19.8 Å². The number of carbonyl (C=O) groups is 1. The van der Waals surface area contributed by atoms with E-state index in [-0.39, 0.29) is 12.5 Å². The second-order valence-electron chi connectivity index (χ2n) is 5.36. The Kier molecular flexibility index (Phi) is 7.12. The largest absolute Gasteiger partial charge is 0.497 e. The highest BCUT2D eigenvalue weighted by atomic mass is 79.9. The van der Waals surface area contributed by atoms with Crippen molar-refractivity contribution in [3.8, 4) is 11.5 Å².